The molecule has 0 aromatic carbocycles. The third-order valence-electron chi connectivity index (χ3n) is 2.81. The van der Waals surface area contributed by atoms with Crippen LogP contribution in [-0.2, 0) is 17.4 Å². The lowest BCUT2D eigenvalue weighted by molar-refractivity contribution is 0.102. The van der Waals surface area contributed by atoms with Crippen molar-refractivity contribution in [2.75, 3.05) is 14.1 Å². The summed E-state index contributed by atoms with van der Waals surface area (Å²) in [5.74, 6) is -0.384. The van der Waals surface area contributed by atoms with Crippen LogP contribution in [0.4, 0.5) is 0 Å². The van der Waals surface area contributed by atoms with Gasteiger partial charge in [0.1, 0.15) is 0 Å². The van der Waals surface area contributed by atoms with Crippen molar-refractivity contribution in [3.63, 3.8) is 0 Å². The predicted molar refractivity (Wildman–Crippen MR) is 76.3 cm³/mol. The van der Waals surface area contributed by atoms with E-state index in [1.807, 2.05) is 6.92 Å². The van der Waals surface area contributed by atoms with Crippen LogP contribution >= 0.6 is 7.60 Å². The second-order valence-electron chi connectivity index (χ2n) is 4.59. The minimum atomic E-state index is -4.52. The molecule has 0 aliphatic carbocycles. The largest absolute Gasteiger partial charge is 0.444 e. The molecule has 2 N–H and O–H groups in total. The zero-order chi connectivity index (χ0) is 15.5. The molecule has 1 heterocycles. The number of rotatable bonds is 6. The van der Waals surface area contributed by atoms with Gasteiger partial charge in [-0.15, -0.1) is 0 Å². The first-order chi connectivity index (χ1) is 9.22. The van der Waals surface area contributed by atoms with Gasteiger partial charge in [0.2, 0.25) is 11.3 Å². The van der Waals surface area contributed by atoms with Crippen LogP contribution in [0.2, 0.25) is 0 Å². The number of carbonyl (C=O) groups excluding carboxylic acids is 1. The lowest BCUT2D eigenvalue weighted by Gasteiger charge is -2.03. The molecule has 0 aliphatic heterocycles. The second kappa shape index (κ2) is 6.39. The van der Waals surface area contributed by atoms with Crippen molar-refractivity contribution in [1.29, 1.82) is 0 Å². The summed E-state index contributed by atoms with van der Waals surface area (Å²) in [6, 6.07) is 0. The Balaban J connectivity index is 3.38. The summed E-state index contributed by atoms with van der Waals surface area (Å²) in [7, 11) is -0.985. The van der Waals surface area contributed by atoms with Crippen LogP contribution in [0.3, 0.4) is 0 Å². The first-order valence-corrected chi connectivity index (χ1v) is 7.93. The molecular weight excluding hydrogens is 281 g/mol. The van der Waals surface area contributed by atoms with Crippen molar-refractivity contribution in [3.8, 4) is 0 Å². The summed E-state index contributed by atoms with van der Waals surface area (Å²) in [4.78, 5) is 32.4. The fourth-order valence-electron chi connectivity index (χ4n) is 1.95. The quantitative estimate of drug-likeness (QED) is 0.470. The highest BCUT2D eigenvalue weighted by atomic mass is 31.2. The third-order valence-corrected chi connectivity index (χ3v) is 3.71. The van der Waals surface area contributed by atoms with Crippen LogP contribution in [0.5, 0.6) is 0 Å². The molecule has 0 radical (unpaired) electrons. The SMILES string of the molecule is CCc1c(C(=O)C=CN(C)C)oc(P(=O)(O)O)c1CC. The molecule has 0 atom stereocenters. The number of allylic oxidation sites excluding steroid dienone is 1. The van der Waals surface area contributed by atoms with E-state index in [4.69, 9.17) is 4.42 Å². The molecular formula is C13H20NO5P. The summed E-state index contributed by atoms with van der Waals surface area (Å²) in [6.45, 7) is 3.59. The maximum Gasteiger partial charge on any atom is 0.391 e. The monoisotopic (exact) mass is 301 g/mol. The number of furan rings is 1. The normalized spacial score (nSPS) is 12.1. The highest BCUT2D eigenvalue weighted by molar-refractivity contribution is 7.59. The van der Waals surface area contributed by atoms with E-state index >= 15 is 0 Å². The Labute approximate surface area is 118 Å². The van der Waals surface area contributed by atoms with Gasteiger partial charge in [0.15, 0.2) is 5.76 Å². The first kappa shape index (κ1) is 16.7. The summed E-state index contributed by atoms with van der Waals surface area (Å²) in [5, 5.41) is 0. The van der Waals surface area contributed by atoms with E-state index in [9.17, 15) is 19.1 Å². The van der Waals surface area contributed by atoms with Gasteiger partial charge in [-0.1, -0.05) is 13.8 Å². The Morgan fingerprint density at radius 2 is 1.80 bits per heavy atom. The molecule has 1 rings (SSSR count). The van der Waals surface area contributed by atoms with E-state index in [0.29, 0.717) is 24.0 Å². The van der Waals surface area contributed by atoms with Crippen LogP contribution in [0.15, 0.2) is 16.7 Å². The minimum Gasteiger partial charge on any atom is -0.444 e. The Bertz CT molecular complexity index is 568. The molecule has 0 bridgehead atoms. The fourth-order valence-corrected chi connectivity index (χ4v) is 2.81. The average molecular weight is 301 g/mol. The van der Waals surface area contributed by atoms with Gasteiger partial charge in [-0.25, -0.2) is 0 Å². The van der Waals surface area contributed by atoms with Crippen molar-refractivity contribution < 1.29 is 23.6 Å². The van der Waals surface area contributed by atoms with Gasteiger partial charge in [0.05, 0.1) is 0 Å². The van der Waals surface area contributed by atoms with Crippen molar-refractivity contribution in [2.24, 2.45) is 0 Å². The molecule has 0 fully saturated rings. The highest BCUT2D eigenvalue weighted by Gasteiger charge is 2.31. The maximum absolute atomic E-state index is 12.1. The Kier molecular flexibility index (Phi) is 5.34. The van der Waals surface area contributed by atoms with Crippen molar-refractivity contribution >= 4 is 18.9 Å². The van der Waals surface area contributed by atoms with E-state index in [-0.39, 0.29) is 5.76 Å². The number of hydrogen-bond donors (Lipinski definition) is 2. The molecule has 20 heavy (non-hydrogen) atoms. The molecule has 6 nitrogen and oxygen atoms in total. The first-order valence-electron chi connectivity index (χ1n) is 6.31. The highest BCUT2D eigenvalue weighted by Crippen LogP contribution is 2.38. The van der Waals surface area contributed by atoms with Crippen molar-refractivity contribution in [3.05, 3.63) is 29.2 Å². The zero-order valence-electron chi connectivity index (χ0n) is 12.1. The molecule has 0 spiro atoms. The van der Waals surface area contributed by atoms with E-state index in [1.165, 1.54) is 6.08 Å². The summed E-state index contributed by atoms with van der Waals surface area (Å²) < 4.78 is 16.6. The van der Waals surface area contributed by atoms with Gasteiger partial charge < -0.3 is 19.1 Å². The molecule has 0 amide bonds. The number of carbonyl (C=O) groups is 1. The number of ketones is 1. The van der Waals surface area contributed by atoms with Gasteiger partial charge in [0.25, 0.3) is 0 Å². The molecule has 112 valence electrons. The van der Waals surface area contributed by atoms with Gasteiger partial charge in [-0.05, 0) is 12.8 Å². The van der Waals surface area contributed by atoms with Crippen LogP contribution in [-0.4, -0.2) is 34.6 Å². The summed E-state index contributed by atoms with van der Waals surface area (Å²) in [6.07, 6.45) is 3.76. The number of nitrogens with zero attached hydrogens (tertiary/aromatic N) is 1. The zero-order valence-corrected chi connectivity index (χ0v) is 13.0. The average Bonchev–Trinajstić information content (AvgIpc) is 2.73. The van der Waals surface area contributed by atoms with E-state index < -0.39 is 18.9 Å². The molecule has 1 aromatic rings. The van der Waals surface area contributed by atoms with Crippen molar-refractivity contribution in [1.82, 2.24) is 4.90 Å². The summed E-state index contributed by atoms with van der Waals surface area (Å²) >= 11 is 0. The smallest absolute Gasteiger partial charge is 0.391 e. The van der Waals surface area contributed by atoms with E-state index in [1.54, 1.807) is 32.1 Å². The summed E-state index contributed by atoms with van der Waals surface area (Å²) in [5.41, 5.74) is 0.611. The molecule has 7 heteroatoms. The third kappa shape index (κ3) is 3.60. The Hall–Kier alpha value is -1.36. The Morgan fingerprint density at radius 3 is 2.20 bits per heavy atom. The van der Waals surface area contributed by atoms with Crippen LogP contribution < -0.4 is 5.50 Å². The minimum absolute atomic E-state index is 0.0146. The van der Waals surface area contributed by atoms with Gasteiger partial charge >= 0.3 is 7.60 Å². The van der Waals surface area contributed by atoms with Crippen LogP contribution in [0.1, 0.15) is 35.5 Å². The predicted octanol–water partition coefficient (Wildman–Crippen LogP) is 1.47. The maximum atomic E-state index is 12.1. The lowest BCUT2D eigenvalue weighted by Crippen LogP contribution is -2.07. The molecule has 0 saturated heterocycles. The van der Waals surface area contributed by atoms with E-state index in [0.717, 1.165) is 0 Å². The lowest BCUT2D eigenvalue weighted by atomic mass is 10.0. The fraction of sp³-hybridized carbons (Fsp3) is 0.462. The molecule has 0 aliphatic rings. The second-order valence-corrected chi connectivity index (χ2v) is 6.08. The van der Waals surface area contributed by atoms with Crippen LogP contribution in [0.25, 0.3) is 0 Å². The Morgan fingerprint density at radius 1 is 1.25 bits per heavy atom. The van der Waals surface area contributed by atoms with E-state index in [2.05, 4.69) is 0 Å². The van der Waals surface area contributed by atoms with Gasteiger partial charge in [-0.2, -0.15) is 0 Å². The van der Waals surface area contributed by atoms with Gasteiger partial charge in [-0.3, -0.25) is 9.36 Å². The van der Waals surface area contributed by atoms with Crippen molar-refractivity contribution in [2.45, 2.75) is 26.7 Å². The van der Waals surface area contributed by atoms with Crippen LogP contribution in [0, 0.1) is 0 Å². The number of hydrogen-bond acceptors (Lipinski definition) is 4. The topological polar surface area (TPSA) is 91.0 Å². The standard InChI is InChI=1S/C13H20NO5P/c1-5-9-10(6-2)13(20(16,17)18)19-12(9)11(15)7-8-14(3)4/h7-8H,5-6H2,1-4H3,(H2,16,17,18). The molecule has 0 saturated carbocycles. The van der Waals surface area contributed by atoms with Gasteiger partial charge in [0, 0.05) is 37.5 Å². The molecule has 0 unspecified atom stereocenters. The molecule has 1 aromatic heterocycles.